The molecule has 0 amide bonds. The van der Waals surface area contributed by atoms with Gasteiger partial charge >= 0.3 is 0 Å². The second-order valence-corrected chi connectivity index (χ2v) is 10.1. The topological polar surface area (TPSA) is 39.3 Å². The standard InChI is InChI=1S/C23H41BrN4/c1-23(2,3)9-8-20-6-7-21(22(24)18-20)19-28-16-5-12-26-14-13-25-10-4-11-27-15-17-28/h6-7,18,25-27H,4-5,8-17,19H2,1-3H3. The Balaban J connectivity index is 1.89. The highest BCUT2D eigenvalue weighted by Crippen LogP contribution is 2.25. The van der Waals surface area contributed by atoms with E-state index in [1.165, 1.54) is 34.9 Å². The SMILES string of the molecule is CC(C)(C)CCc1ccc(CN2CCCNCCNCCCNCC2)c(Br)c1. The minimum atomic E-state index is 0.388. The first-order chi connectivity index (χ1) is 13.4. The summed E-state index contributed by atoms with van der Waals surface area (Å²) in [5.74, 6) is 0. The summed E-state index contributed by atoms with van der Waals surface area (Å²) in [6, 6.07) is 6.98. The number of aryl methyl sites for hydroxylation is 1. The van der Waals surface area contributed by atoms with Gasteiger partial charge in [0, 0.05) is 37.2 Å². The van der Waals surface area contributed by atoms with Crippen LogP contribution in [0.1, 0.15) is 51.2 Å². The van der Waals surface area contributed by atoms with Gasteiger partial charge in [0.05, 0.1) is 0 Å². The summed E-state index contributed by atoms with van der Waals surface area (Å²) in [5.41, 5.74) is 3.23. The van der Waals surface area contributed by atoms with Gasteiger partial charge in [0.25, 0.3) is 0 Å². The first-order valence-corrected chi connectivity index (χ1v) is 11.9. The predicted molar refractivity (Wildman–Crippen MR) is 125 cm³/mol. The average molecular weight is 454 g/mol. The lowest BCUT2D eigenvalue weighted by Crippen LogP contribution is -2.36. The van der Waals surface area contributed by atoms with Crippen molar-refractivity contribution in [1.82, 2.24) is 20.9 Å². The summed E-state index contributed by atoms with van der Waals surface area (Å²) in [5, 5.41) is 10.6. The minimum Gasteiger partial charge on any atom is -0.315 e. The maximum Gasteiger partial charge on any atom is 0.0245 e. The fourth-order valence-corrected chi connectivity index (χ4v) is 4.01. The molecule has 0 spiro atoms. The van der Waals surface area contributed by atoms with Crippen molar-refractivity contribution in [2.24, 2.45) is 5.41 Å². The van der Waals surface area contributed by atoms with E-state index in [0.717, 1.165) is 65.3 Å². The summed E-state index contributed by atoms with van der Waals surface area (Å²) in [7, 11) is 0. The molecule has 1 heterocycles. The van der Waals surface area contributed by atoms with Crippen LogP contribution in [0.15, 0.2) is 22.7 Å². The van der Waals surface area contributed by atoms with Gasteiger partial charge < -0.3 is 16.0 Å². The van der Waals surface area contributed by atoms with Gasteiger partial charge in [-0.25, -0.2) is 0 Å². The van der Waals surface area contributed by atoms with Crippen molar-refractivity contribution in [2.75, 3.05) is 52.4 Å². The van der Waals surface area contributed by atoms with Crippen molar-refractivity contribution >= 4 is 15.9 Å². The molecule has 4 nitrogen and oxygen atoms in total. The number of nitrogens with one attached hydrogen (secondary N) is 3. The monoisotopic (exact) mass is 452 g/mol. The zero-order valence-corrected chi connectivity index (χ0v) is 19.8. The summed E-state index contributed by atoms with van der Waals surface area (Å²) in [6.07, 6.45) is 4.76. The number of benzene rings is 1. The lowest BCUT2D eigenvalue weighted by molar-refractivity contribution is 0.259. The molecule has 1 aromatic carbocycles. The van der Waals surface area contributed by atoms with Gasteiger partial charge in [-0.1, -0.05) is 48.8 Å². The Bertz CT molecular complexity index is 542. The molecule has 3 N–H and O–H groups in total. The second-order valence-electron chi connectivity index (χ2n) is 9.22. The minimum absolute atomic E-state index is 0.388. The average Bonchev–Trinajstić information content (AvgIpc) is 2.64. The quantitative estimate of drug-likeness (QED) is 0.649. The van der Waals surface area contributed by atoms with Crippen molar-refractivity contribution in [2.45, 2.75) is 53.0 Å². The molecule has 1 saturated heterocycles. The van der Waals surface area contributed by atoms with Crippen molar-refractivity contribution in [3.8, 4) is 0 Å². The van der Waals surface area contributed by atoms with Crippen LogP contribution >= 0.6 is 15.9 Å². The molecule has 1 aliphatic heterocycles. The number of hydrogen-bond acceptors (Lipinski definition) is 4. The molecule has 1 aliphatic rings. The Morgan fingerprint density at radius 1 is 0.893 bits per heavy atom. The van der Waals surface area contributed by atoms with Crippen LogP contribution < -0.4 is 16.0 Å². The van der Waals surface area contributed by atoms with E-state index >= 15 is 0 Å². The maximum absolute atomic E-state index is 3.84. The molecule has 1 aromatic rings. The van der Waals surface area contributed by atoms with Gasteiger partial charge in [-0.2, -0.15) is 0 Å². The summed E-state index contributed by atoms with van der Waals surface area (Å²) in [4.78, 5) is 2.59. The number of hydrogen-bond donors (Lipinski definition) is 3. The molecule has 0 aliphatic carbocycles. The number of nitrogens with zero attached hydrogens (tertiary/aromatic N) is 1. The smallest absolute Gasteiger partial charge is 0.0245 e. The lowest BCUT2D eigenvalue weighted by Gasteiger charge is -2.24. The van der Waals surface area contributed by atoms with Gasteiger partial charge in [0.15, 0.2) is 0 Å². The first-order valence-electron chi connectivity index (χ1n) is 11.1. The zero-order chi connectivity index (χ0) is 20.2. The Hall–Kier alpha value is -0.460. The van der Waals surface area contributed by atoms with E-state index in [0.29, 0.717) is 5.41 Å². The summed E-state index contributed by atoms with van der Waals surface area (Å²) >= 11 is 3.84. The highest BCUT2D eigenvalue weighted by molar-refractivity contribution is 9.10. The second kappa shape index (κ2) is 13.0. The molecule has 2 rings (SSSR count). The van der Waals surface area contributed by atoms with Crippen LogP contribution in [0.4, 0.5) is 0 Å². The Kier molecular flexibility index (Phi) is 11.0. The fourth-order valence-electron chi connectivity index (χ4n) is 3.46. The molecular formula is C23H41BrN4. The van der Waals surface area contributed by atoms with E-state index in [-0.39, 0.29) is 0 Å². The van der Waals surface area contributed by atoms with Crippen LogP contribution in [0.5, 0.6) is 0 Å². The predicted octanol–water partition coefficient (Wildman–Crippen LogP) is 3.79. The van der Waals surface area contributed by atoms with Gasteiger partial charge in [-0.15, -0.1) is 0 Å². The van der Waals surface area contributed by atoms with E-state index in [9.17, 15) is 0 Å². The first kappa shape index (κ1) is 23.8. The molecule has 160 valence electrons. The number of halogens is 1. The van der Waals surface area contributed by atoms with Crippen LogP contribution in [0.25, 0.3) is 0 Å². The summed E-state index contributed by atoms with van der Waals surface area (Å²) < 4.78 is 1.26. The van der Waals surface area contributed by atoms with Gasteiger partial charge in [0.1, 0.15) is 0 Å². The molecule has 0 saturated carbocycles. The molecule has 0 radical (unpaired) electrons. The van der Waals surface area contributed by atoms with E-state index in [1.807, 2.05) is 0 Å². The Morgan fingerprint density at radius 3 is 2.25 bits per heavy atom. The fraction of sp³-hybridized carbons (Fsp3) is 0.739. The van der Waals surface area contributed by atoms with Crippen molar-refractivity contribution in [3.63, 3.8) is 0 Å². The maximum atomic E-state index is 3.84. The molecule has 28 heavy (non-hydrogen) atoms. The van der Waals surface area contributed by atoms with E-state index < -0.39 is 0 Å². The van der Waals surface area contributed by atoms with Crippen LogP contribution in [0.3, 0.4) is 0 Å². The molecule has 0 unspecified atom stereocenters. The zero-order valence-electron chi connectivity index (χ0n) is 18.2. The third-order valence-corrected chi connectivity index (χ3v) is 6.03. The molecule has 0 bridgehead atoms. The van der Waals surface area contributed by atoms with Gasteiger partial charge in [-0.05, 0) is 74.5 Å². The van der Waals surface area contributed by atoms with Gasteiger partial charge in [0.2, 0.25) is 0 Å². The highest BCUT2D eigenvalue weighted by Gasteiger charge is 2.12. The number of rotatable bonds is 4. The van der Waals surface area contributed by atoms with Crippen LogP contribution in [0.2, 0.25) is 0 Å². The van der Waals surface area contributed by atoms with Crippen LogP contribution in [0, 0.1) is 5.41 Å². The van der Waals surface area contributed by atoms with E-state index in [2.05, 4.69) is 75.8 Å². The third kappa shape index (κ3) is 10.4. The van der Waals surface area contributed by atoms with Crippen LogP contribution in [-0.4, -0.2) is 57.3 Å². The Labute approximate surface area is 181 Å². The van der Waals surface area contributed by atoms with Crippen molar-refractivity contribution in [3.05, 3.63) is 33.8 Å². The lowest BCUT2D eigenvalue weighted by atomic mass is 9.88. The van der Waals surface area contributed by atoms with Crippen molar-refractivity contribution in [1.29, 1.82) is 0 Å². The highest BCUT2D eigenvalue weighted by atomic mass is 79.9. The summed E-state index contributed by atoms with van der Waals surface area (Å²) in [6.45, 7) is 16.7. The molecule has 0 aromatic heterocycles. The Morgan fingerprint density at radius 2 is 1.57 bits per heavy atom. The molecule has 1 fully saturated rings. The molecule has 0 atom stereocenters. The molecule has 5 heteroatoms. The van der Waals surface area contributed by atoms with Crippen molar-refractivity contribution < 1.29 is 0 Å². The van der Waals surface area contributed by atoms with E-state index in [1.54, 1.807) is 0 Å². The third-order valence-electron chi connectivity index (χ3n) is 5.29. The van der Waals surface area contributed by atoms with Crippen LogP contribution in [-0.2, 0) is 13.0 Å². The van der Waals surface area contributed by atoms with Gasteiger partial charge in [-0.3, -0.25) is 4.90 Å². The van der Waals surface area contributed by atoms with E-state index in [4.69, 9.17) is 0 Å². The normalized spacial score (nSPS) is 19.3. The largest absolute Gasteiger partial charge is 0.315 e. The molecular weight excluding hydrogens is 412 g/mol.